The first-order valence-electron chi connectivity index (χ1n) is 6.84. The molecule has 1 aliphatic carbocycles. The maximum atomic E-state index is 3.67. The average molecular weight is 210 g/mol. The molecule has 0 spiro atoms. The molecule has 2 rings (SSSR count). The van der Waals surface area contributed by atoms with Crippen LogP contribution in [0.15, 0.2) is 0 Å². The third-order valence-electron chi connectivity index (χ3n) is 3.81. The van der Waals surface area contributed by atoms with E-state index in [1.807, 2.05) is 0 Å². The number of nitrogens with one attached hydrogen (secondary N) is 1. The van der Waals surface area contributed by atoms with E-state index in [0.717, 1.165) is 12.0 Å². The second kappa shape index (κ2) is 5.86. The predicted molar refractivity (Wildman–Crippen MR) is 65.1 cm³/mol. The van der Waals surface area contributed by atoms with E-state index in [9.17, 15) is 0 Å². The fraction of sp³-hybridized carbons (Fsp3) is 1.00. The summed E-state index contributed by atoms with van der Waals surface area (Å²) in [5.74, 6) is 0.962. The first-order chi connectivity index (χ1) is 7.38. The summed E-state index contributed by atoms with van der Waals surface area (Å²) in [6.07, 6.45) is 8.41. The Morgan fingerprint density at radius 3 is 2.47 bits per heavy atom. The van der Waals surface area contributed by atoms with E-state index < -0.39 is 0 Å². The van der Waals surface area contributed by atoms with Crippen molar-refractivity contribution in [2.75, 3.05) is 26.2 Å². The molecule has 0 aromatic rings. The van der Waals surface area contributed by atoms with Crippen LogP contribution in [0.4, 0.5) is 0 Å². The quantitative estimate of drug-likeness (QED) is 0.723. The Balaban J connectivity index is 1.54. The molecule has 1 aliphatic heterocycles. The minimum atomic E-state index is 0.892. The summed E-state index contributed by atoms with van der Waals surface area (Å²) >= 11 is 0. The number of nitrogens with zero attached hydrogens (tertiary/aromatic N) is 1. The van der Waals surface area contributed by atoms with E-state index in [2.05, 4.69) is 17.1 Å². The third-order valence-corrected chi connectivity index (χ3v) is 3.81. The minimum Gasteiger partial charge on any atom is -0.314 e. The average Bonchev–Trinajstić information content (AvgIpc) is 3.09. The van der Waals surface area contributed by atoms with E-state index in [4.69, 9.17) is 0 Å². The van der Waals surface area contributed by atoms with E-state index in [-0.39, 0.29) is 0 Å². The fourth-order valence-corrected chi connectivity index (χ4v) is 2.42. The first kappa shape index (κ1) is 11.4. The molecule has 0 bridgehead atoms. The summed E-state index contributed by atoms with van der Waals surface area (Å²) in [6, 6.07) is 0.892. The lowest BCUT2D eigenvalue weighted by atomic mass is 9.96. The molecule has 0 amide bonds. The second-order valence-electron chi connectivity index (χ2n) is 5.32. The molecule has 1 N–H and O–H groups in total. The van der Waals surface area contributed by atoms with Gasteiger partial charge in [-0.2, -0.15) is 0 Å². The van der Waals surface area contributed by atoms with Crippen molar-refractivity contribution in [3.8, 4) is 0 Å². The molecule has 2 aliphatic rings. The smallest absolute Gasteiger partial charge is 0.00683 e. The Labute approximate surface area is 94.4 Å². The predicted octanol–water partition coefficient (Wildman–Crippen LogP) is 2.25. The highest BCUT2D eigenvalue weighted by Gasteiger charge is 2.23. The molecule has 0 aromatic heterocycles. The van der Waals surface area contributed by atoms with Crippen molar-refractivity contribution in [2.45, 2.75) is 51.5 Å². The molecule has 0 atom stereocenters. The lowest BCUT2D eigenvalue weighted by Crippen LogP contribution is -2.38. The lowest BCUT2D eigenvalue weighted by molar-refractivity contribution is 0.180. The molecule has 0 aromatic carbocycles. The number of hydrogen-bond donors (Lipinski definition) is 1. The number of piperidine rings is 1. The van der Waals surface area contributed by atoms with Gasteiger partial charge in [0, 0.05) is 6.04 Å². The molecule has 15 heavy (non-hydrogen) atoms. The van der Waals surface area contributed by atoms with Gasteiger partial charge in [-0.25, -0.2) is 0 Å². The molecule has 0 radical (unpaired) electrons. The van der Waals surface area contributed by atoms with E-state index in [1.54, 1.807) is 0 Å². The van der Waals surface area contributed by atoms with Gasteiger partial charge in [0.2, 0.25) is 0 Å². The van der Waals surface area contributed by atoms with Crippen LogP contribution < -0.4 is 5.32 Å². The van der Waals surface area contributed by atoms with Gasteiger partial charge in [-0.1, -0.05) is 13.3 Å². The third kappa shape index (κ3) is 4.12. The Hall–Kier alpha value is -0.0800. The Morgan fingerprint density at radius 2 is 1.87 bits per heavy atom. The van der Waals surface area contributed by atoms with Crippen LogP contribution in [0.2, 0.25) is 0 Å². The Kier molecular flexibility index (Phi) is 4.45. The van der Waals surface area contributed by atoms with Crippen LogP contribution in [-0.4, -0.2) is 37.1 Å². The number of likely N-dealkylation sites (tertiary alicyclic amines) is 1. The number of rotatable bonds is 6. The van der Waals surface area contributed by atoms with Gasteiger partial charge >= 0.3 is 0 Å². The fourth-order valence-electron chi connectivity index (χ4n) is 2.42. The summed E-state index contributed by atoms with van der Waals surface area (Å²) in [6.45, 7) is 7.59. The van der Waals surface area contributed by atoms with Crippen LogP contribution in [0.3, 0.4) is 0 Å². The molecule has 1 heterocycles. The van der Waals surface area contributed by atoms with Crippen molar-refractivity contribution in [1.29, 1.82) is 0 Å². The SMILES string of the molecule is CCCCN1CCC(CNC2CC2)CC1. The maximum absolute atomic E-state index is 3.67. The van der Waals surface area contributed by atoms with Gasteiger partial charge in [0.15, 0.2) is 0 Å². The highest BCUT2D eigenvalue weighted by atomic mass is 15.1. The van der Waals surface area contributed by atoms with Crippen LogP contribution in [0.25, 0.3) is 0 Å². The topological polar surface area (TPSA) is 15.3 Å². The Bertz CT molecular complexity index is 169. The second-order valence-corrected chi connectivity index (χ2v) is 5.32. The summed E-state index contributed by atoms with van der Waals surface area (Å²) in [5, 5.41) is 3.67. The van der Waals surface area contributed by atoms with E-state index >= 15 is 0 Å². The normalized spacial score (nSPS) is 24.6. The molecule has 2 fully saturated rings. The van der Waals surface area contributed by atoms with Crippen molar-refractivity contribution < 1.29 is 0 Å². The monoisotopic (exact) mass is 210 g/mol. The van der Waals surface area contributed by atoms with Crippen molar-refractivity contribution >= 4 is 0 Å². The van der Waals surface area contributed by atoms with Gasteiger partial charge in [-0.05, 0) is 64.2 Å². The lowest BCUT2D eigenvalue weighted by Gasteiger charge is -2.32. The van der Waals surface area contributed by atoms with Crippen molar-refractivity contribution in [3.05, 3.63) is 0 Å². The largest absolute Gasteiger partial charge is 0.314 e. The maximum Gasteiger partial charge on any atom is 0.00683 e. The van der Waals surface area contributed by atoms with Crippen molar-refractivity contribution in [2.24, 2.45) is 5.92 Å². The van der Waals surface area contributed by atoms with E-state index in [1.165, 1.54) is 64.7 Å². The molecule has 1 saturated heterocycles. The summed E-state index contributed by atoms with van der Waals surface area (Å²) in [4.78, 5) is 2.65. The standard InChI is InChI=1S/C13H26N2/c1-2-3-8-15-9-6-12(7-10-15)11-14-13-4-5-13/h12-14H,2-11H2,1H3. The first-order valence-corrected chi connectivity index (χ1v) is 6.84. The number of hydrogen-bond acceptors (Lipinski definition) is 2. The summed E-state index contributed by atoms with van der Waals surface area (Å²) in [7, 11) is 0. The van der Waals surface area contributed by atoms with Crippen molar-refractivity contribution in [1.82, 2.24) is 10.2 Å². The highest BCUT2D eigenvalue weighted by Crippen LogP contribution is 2.21. The Morgan fingerprint density at radius 1 is 1.13 bits per heavy atom. The molecule has 1 saturated carbocycles. The molecule has 2 nitrogen and oxygen atoms in total. The summed E-state index contributed by atoms with van der Waals surface area (Å²) in [5.41, 5.74) is 0. The van der Waals surface area contributed by atoms with Gasteiger partial charge in [0.1, 0.15) is 0 Å². The van der Waals surface area contributed by atoms with Gasteiger partial charge < -0.3 is 10.2 Å². The molecule has 2 heteroatoms. The van der Waals surface area contributed by atoms with Crippen molar-refractivity contribution in [3.63, 3.8) is 0 Å². The van der Waals surface area contributed by atoms with Crippen LogP contribution in [-0.2, 0) is 0 Å². The van der Waals surface area contributed by atoms with Gasteiger partial charge in [0.05, 0.1) is 0 Å². The zero-order valence-corrected chi connectivity index (χ0v) is 10.2. The van der Waals surface area contributed by atoms with E-state index in [0.29, 0.717) is 0 Å². The zero-order valence-electron chi connectivity index (χ0n) is 10.2. The van der Waals surface area contributed by atoms with Gasteiger partial charge in [-0.15, -0.1) is 0 Å². The molecule has 88 valence electrons. The zero-order chi connectivity index (χ0) is 10.5. The molecular weight excluding hydrogens is 184 g/mol. The highest BCUT2D eigenvalue weighted by molar-refractivity contribution is 4.83. The van der Waals surface area contributed by atoms with Gasteiger partial charge in [-0.3, -0.25) is 0 Å². The van der Waals surface area contributed by atoms with Gasteiger partial charge in [0.25, 0.3) is 0 Å². The minimum absolute atomic E-state index is 0.892. The van der Waals surface area contributed by atoms with Crippen LogP contribution in [0, 0.1) is 5.92 Å². The van der Waals surface area contributed by atoms with Crippen LogP contribution in [0.1, 0.15) is 45.4 Å². The molecule has 0 unspecified atom stereocenters. The molecular formula is C13H26N2. The summed E-state index contributed by atoms with van der Waals surface area (Å²) < 4.78 is 0. The van der Waals surface area contributed by atoms with Crippen LogP contribution >= 0.6 is 0 Å². The number of unbranched alkanes of at least 4 members (excludes halogenated alkanes) is 1. The van der Waals surface area contributed by atoms with Crippen LogP contribution in [0.5, 0.6) is 0 Å².